The lowest BCUT2D eigenvalue weighted by molar-refractivity contribution is 0.0955. The number of nitrogens with zero attached hydrogens (tertiary/aromatic N) is 2. The van der Waals surface area contributed by atoms with Crippen LogP contribution in [-0.4, -0.2) is 22.4 Å². The van der Waals surface area contributed by atoms with Crippen LogP contribution in [-0.2, 0) is 0 Å². The van der Waals surface area contributed by atoms with Gasteiger partial charge >= 0.3 is 0 Å². The van der Waals surface area contributed by atoms with Crippen LogP contribution in [0.2, 0.25) is 5.02 Å². The van der Waals surface area contributed by atoms with Gasteiger partial charge in [0.25, 0.3) is 5.91 Å². The summed E-state index contributed by atoms with van der Waals surface area (Å²) < 4.78 is 0. The van der Waals surface area contributed by atoms with Gasteiger partial charge in [0.05, 0.1) is 11.3 Å². The quantitative estimate of drug-likeness (QED) is 0.775. The van der Waals surface area contributed by atoms with Crippen LogP contribution in [0.4, 0.5) is 0 Å². The molecular formula is C19H16ClN3O. The highest BCUT2D eigenvalue weighted by Gasteiger charge is 2.13. The second-order valence-electron chi connectivity index (χ2n) is 5.23. The van der Waals surface area contributed by atoms with Gasteiger partial charge in [-0.2, -0.15) is 0 Å². The lowest BCUT2D eigenvalue weighted by atomic mass is 9.99. The van der Waals surface area contributed by atoms with Crippen molar-refractivity contribution < 1.29 is 4.79 Å². The molecule has 1 N–H and O–H groups in total. The Balaban J connectivity index is 2.14. The molecule has 0 bridgehead atoms. The molecule has 2 aromatic heterocycles. The summed E-state index contributed by atoms with van der Waals surface area (Å²) in [4.78, 5) is 20.8. The van der Waals surface area contributed by atoms with E-state index >= 15 is 0 Å². The Morgan fingerprint density at radius 1 is 1.12 bits per heavy atom. The summed E-state index contributed by atoms with van der Waals surface area (Å²) in [5.74, 6) is -0.141. The molecule has 1 aromatic carbocycles. The van der Waals surface area contributed by atoms with E-state index in [0.717, 1.165) is 22.4 Å². The number of amides is 1. The first kappa shape index (κ1) is 16.1. The molecular weight excluding hydrogens is 322 g/mol. The Bertz CT molecular complexity index is 848. The van der Waals surface area contributed by atoms with E-state index in [1.165, 1.54) is 0 Å². The normalized spacial score (nSPS) is 10.4. The monoisotopic (exact) mass is 337 g/mol. The molecule has 3 rings (SSSR count). The highest BCUT2D eigenvalue weighted by atomic mass is 35.5. The van der Waals surface area contributed by atoms with Crippen molar-refractivity contribution in [2.24, 2.45) is 0 Å². The van der Waals surface area contributed by atoms with Crippen molar-refractivity contribution in [3.63, 3.8) is 0 Å². The predicted octanol–water partition coefficient (Wildman–Crippen LogP) is 4.21. The number of hydrogen-bond donors (Lipinski definition) is 1. The van der Waals surface area contributed by atoms with Gasteiger partial charge in [0.1, 0.15) is 0 Å². The van der Waals surface area contributed by atoms with Gasteiger partial charge in [0.15, 0.2) is 0 Å². The first-order valence-electron chi connectivity index (χ1n) is 7.63. The summed E-state index contributed by atoms with van der Waals surface area (Å²) in [6.07, 6.45) is 5.07. The zero-order valence-electron chi connectivity index (χ0n) is 13.2. The maximum absolute atomic E-state index is 12.1. The molecule has 0 unspecified atom stereocenters. The van der Waals surface area contributed by atoms with E-state index in [2.05, 4.69) is 15.3 Å². The number of rotatable bonds is 4. The minimum atomic E-state index is -0.141. The van der Waals surface area contributed by atoms with Crippen molar-refractivity contribution in [3.05, 3.63) is 71.6 Å². The van der Waals surface area contributed by atoms with E-state index in [0.29, 0.717) is 17.1 Å². The number of aromatic nitrogens is 2. The Kier molecular flexibility index (Phi) is 4.87. The van der Waals surface area contributed by atoms with Crippen molar-refractivity contribution in [2.75, 3.05) is 6.54 Å². The number of benzene rings is 1. The maximum atomic E-state index is 12.1. The number of nitrogens with one attached hydrogen (secondary N) is 1. The molecule has 0 atom stereocenters. The number of hydrogen-bond acceptors (Lipinski definition) is 3. The third-order valence-corrected chi connectivity index (χ3v) is 3.83. The summed E-state index contributed by atoms with van der Waals surface area (Å²) in [6, 6.07) is 13.1. The standard InChI is InChI=1S/C19H16ClN3O/c1-2-22-19(24)15-10-17(14-4-3-9-21-11-14)18(23-12-15)13-5-7-16(20)8-6-13/h3-12H,2H2,1H3,(H,22,24). The van der Waals surface area contributed by atoms with Crippen LogP contribution in [0.5, 0.6) is 0 Å². The maximum Gasteiger partial charge on any atom is 0.252 e. The van der Waals surface area contributed by atoms with Crippen molar-refractivity contribution in [1.29, 1.82) is 0 Å². The lowest BCUT2D eigenvalue weighted by Gasteiger charge is -2.11. The molecule has 4 nitrogen and oxygen atoms in total. The fourth-order valence-electron chi connectivity index (χ4n) is 2.43. The first-order chi connectivity index (χ1) is 11.7. The van der Waals surface area contributed by atoms with Gasteiger partial charge in [-0.1, -0.05) is 29.8 Å². The highest BCUT2D eigenvalue weighted by molar-refractivity contribution is 6.30. The van der Waals surface area contributed by atoms with Gasteiger partial charge in [-0.05, 0) is 31.2 Å². The Morgan fingerprint density at radius 2 is 1.92 bits per heavy atom. The van der Waals surface area contributed by atoms with Gasteiger partial charge in [0, 0.05) is 46.8 Å². The molecule has 0 aliphatic rings. The van der Waals surface area contributed by atoms with Crippen LogP contribution in [0.15, 0.2) is 61.1 Å². The third-order valence-electron chi connectivity index (χ3n) is 3.58. The molecule has 3 aromatic rings. The van der Waals surface area contributed by atoms with E-state index in [9.17, 15) is 4.79 Å². The number of halogens is 1. The Morgan fingerprint density at radius 3 is 2.58 bits per heavy atom. The zero-order chi connectivity index (χ0) is 16.9. The average Bonchev–Trinajstić information content (AvgIpc) is 2.63. The van der Waals surface area contributed by atoms with Gasteiger partial charge in [-0.25, -0.2) is 0 Å². The Hall–Kier alpha value is -2.72. The predicted molar refractivity (Wildman–Crippen MR) is 95.9 cm³/mol. The van der Waals surface area contributed by atoms with Gasteiger partial charge in [-0.15, -0.1) is 0 Å². The van der Waals surface area contributed by atoms with Crippen molar-refractivity contribution in [2.45, 2.75) is 6.92 Å². The second-order valence-corrected chi connectivity index (χ2v) is 5.66. The van der Waals surface area contributed by atoms with Crippen LogP contribution in [0, 0.1) is 0 Å². The molecule has 0 fully saturated rings. The van der Waals surface area contributed by atoms with E-state index in [4.69, 9.17) is 11.6 Å². The summed E-state index contributed by atoms with van der Waals surface area (Å²) in [7, 11) is 0. The Labute approximate surface area is 145 Å². The van der Waals surface area contributed by atoms with Crippen molar-refractivity contribution >= 4 is 17.5 Å². The van der Waals surface area contributed by atoms with Crippen LogP contribution < -0.4 is 5.32 Å². The fourth-order valence-corrected chi connectivity index (χ4v) is 2.56. The average molecular weight is 338 g/mol. The third kappa shape index (κ3) is 3.44. The molecule has 0 saturated heterocycles. The second kappa shape index (κ2) is 7.23. The molecule has 0 spiro atoms. The molecule has 0 aliphatic heterocycles. The number of pyridine rings is 2. The summed E-state index contributed by atoms with van der Waals surface area (Å²) >= 11 is 5.97. The van der Waals surface area contributed by atoms with Gasteiger partial charge in [0.2, 0.25) is 0 Å². The first-order valence-corrected chi connectivity index (χ1v) is 8.01. The summed E-state index contributed by atoms with van der Waals surface area (Å²) in [5.41, 5.74) is 4.00. The van der Waals surface area contributed by atoms with Gasteiger partial charge < -0.3 is 5.32 Å². The van der Waals surface area contributed by atoms with Crippen LogP contribution in [0.1, 0.15) is 17.3 Å². The lowest BCUT2D eigenvalue weighted by Crippen LogP contribution is -2.22. The molecule has 0 radical (unpaired) electrons. The van der Waals surface area contributed by atoms with Crippen molar-refractivity contribution in [1.82, 2.24) is 15.3 Å². The minimum absolute atomic E-state index is 0.141. The highest BCUT2D eigenvalue weighted by Crippen LogP contribution is 2.31. The fraction of sp³-hybridized carbons (Fsp3) is 0.105. The minimum Gasteiger partial charge on any atom is -0.352 e. The molecule has 24 heavy (non-hydrogen) atoms. The number of carbonyl (C=O) groups is 1. The molecule has 1 amide bonds. The van der Waals surface area contributed by atoms with E-state index in [1.807, 2.05) is 49.4 Å². The topological polar surface area (TPSA) is 54.9 Å². The van der Waals surface area contributed by atoms with Crippen LogP contribution in [0.25, 0.3) is 22.4 Å². The van der Waals surface area contributed by atoms with Gasteiger partial charge in [-0.3, -0.25) is 14.8 Å². The smallest absolute Gasteiger partial charge is 0.252 e. The zero-order valence-corrected chi connectivity index (χ0v) is 13.9. The molecule has 0 aliphatic carbocycles. The SMILES string of the molecule is CCNC(=O)c1cnc(-c2ccc(Cl)cc2)c(-c2cccnc2)c1. The van der Waals surface area contributed by atoms with E-state index in [-0.39, 0.29) is 5.91 Å². The van der Waals surface area contributed by atoms with E-state index in [1.54, 1.807) is 18.6 Å². The van der Waals surface area contributed by atoms with Crippen LogP contribution in [0.3, 0.4) is 0 Å². The molecule has 120 valence electrons. The van der Waals surface area contributed by atoms with Crippen molar-refractivity contribution in [3.8, 4) is 22.4 Å². The summed E-state index contributed by atoms with van der Waals surface area (Å²) in [6.45, 7) is 2.45. The largest absolute Gasteiger partial charge is 0.352 e. The molecule has 5 heteroatoms. The molecule has 2 heterocycles. The van der Waals surface area contributed by atoms with Crippen LogP contribution >= 0.6 is 11.6 Å². The summed E-state index contributed by atoms with van der Waals surface area (Å²) in [5, 5.41) is 3.46. The molecule has 0 saturated carbocycles. The number of carbonyl (C=O) groups excluding carboxylic acids is 1. The van der Waals surface area contributed by atoms with E-state index < -0.39 is 0 Å².